The van der Waals surface area contributed by atoms with Crippen molar-refractivity contribution in [3.05, 3.63) is 75.6 Å². The number of thiophene rings is 1. The van der Waals surface area contributed by atoms with E-state index in [-0.39, 0.29) is 15.0 Å². The maximum atomic E-state index is 13.0. The van der Waals surface area contributed by atoms with Gasteiger partial charge in [0.05, 0.1) is 9.77 Å². The maximum absolute atomic E-state index is 13.0. The quantitative estimate of drug-likeness (QED) is 0.544. The van der Waals surface area contributed by atoms with Crippen LogP contribution in [0.3, 0.4) is 0 Å². The molecule has 0 saturated carbocycles. The summed E-state index contributed by atoms with van der Waals surface area (Å²) >= 11 is 7.18. The lowest BCUT2D eigenvalue weighted by molar-refractivity contribution is 0.0751. The zero-order valence-electron chi connectivity index (χ0n) is 17.3. The molecule has 1 fully saturated rings. The average Bonchev–Trinajstić information content (AvgIpc) is 3.27. The highest BCUT2D eigenvalue weighted by atomic mass is 35.5. The van der Waals surface area contributed by atoms with Gasteiger partial charge in [-0.15, -0.1) is 11.3 Å². The van der Waals surface area contributed by atoms with E-state index in [0.717, 1.165) is 28.2 Å². The number of amides is 1. The number of carbonyl (C=O) groups excluding carboxylic acids is 1. The predicted molar refractivity (Wildman–Crippen MR) is 125 cm³/mol. The van der Waals surface area contributed by atoms with Gasteiger partial charge in [0.1, 0.15) is 4.21 Å². The maximum Gasteiger partial charge on any atom is 0.264 e. The van der Waals surface area contributed by atoms with Gasteiger partial charge in [-0.1, -0.05) is 35.4 Å². The molecular formula is C23H23ClN2O3S2. The Kier molecular flexibility index (Phi) is 6.10. The number of hydrogen-bond acceptors (Lipinski definition) is 5. The van der Waals surface area contributed by atoms with Crippen molar-refractivity contribution in [1.82, 2.24) is 4.90 Å². The first-order chi connectivity index (χ1) is 14.8. The van der Waals surface area contributed by atoms with Crippen molar-refractivity contribution in [2.75, 3.05) is 31.1 Å². The number of piperazine rings is 1. The third-order valence-electron chi connectivity index (χ3n) is 5.47. The van der Waals surface area contributed by atoms with Crippen molar-refractivity contribution >= 4 is 44.4 Å². The van der Waals surface area contributed by atoms with Crippen LogP contribution in [0.1, 0.15) is 20.8 Å². The Morgan fingerprint density at radius 1 is 0.935 bits per heavy atom. The molecular weight excluding hydrogens is 452 g/mol. The second-order valence-electron chi connectivity index (χ2n) is 7.65. The number of benzene rings is 2. The van der Waals surface area contributed by atoms with E-state index in [1.165, 1.54) is 6.07 Å². The molecule has 0 spiro atoms. The molecule has 2 heterocycles. The van der Waals surface area contributed by atoms with Gasteiger partial charge in [-0.25, -0.2) is 8.42 Å². The summed E-state index contributed by atoms with van der Waals surface area (Å²) in [4.78, 5) is 17.7. The molecule has 2 aromatic carbocycles. The van der Waals surface area contributed by atoms with Crippen LogP contribution in [0.5, 0.6) is 0 Å². The minimum absolute atomic E-state index is 0.127. The fourth-order valence-corrected chi connectivity index (χ4v) is 6.49. The van der Waals surface area contributed by atoms with Crippen molar-refractivity contribution in [1.29, 1.82) is 0 Å². The van der Waals surface area contributed by atoms with E-state index in [2.05, 4.69) is 4.90 Å². The van der Waals surface area contributed by atoms with Crippen LogP contribution in [0, 0.1) is 13.8 Å². The molecule has 8 heteroatoms. The zero-order valence-corrected chi connectivity index (χ0v) is 19.7. The highest BCUT2D eigenvalue weighted by molar-refractivity contribution is 7.93. The minimum atomic E-state index is -3.63. The summed E-state index contributed by atoms with van der Waals surface area (Å²) in [6, 6.07) is 15.7. The van der Waals surface area contributed by atoms with Gasteiger partial charge in [-0.2, -0.15) is 0 Å². The summed E-state index contributed by atoms with van der Waals surface area (Å²) in [5.41, 5.74) is 3.23. The summed E-state index contributed by atoms with van der Waals surface area (Å²) < 4.78 is 26.0. The van der Waals surface area contributed by atoms with Crippen LogP contribution in [0.15, 0.2) is 63.7 Å². The first kappa shape index (κ1) is 21.9. The molecule has 5 nitrogen and oxygen atoms in total. The van der Waals surface area contributed by atoms with Crippen LogP contribution in [0.2, 0.25) is 5.02 Å². The number of sulfone groups is 1. The van der Waals surface area contributed by atoms with Crippen molar-refractivity contribution in [3.63, 3.8) is 0 Å². The number of anilines is 1. The van der Waals surface area contributed by atoms with Gasteiger partial charge in [-0.05, 0) is 55.8 Å². The Morgan fingerprint density at radius 3 is 2.29 bits per heavy atom. The van der Waals surface area contributed by atoms with Crippen molar-refractivity contribution < 1.29 is 13.2 Å². The second kappa shape index (κ2) is 8.65. The van der Waals surface area contributed by atoms with Gasteiger partial charge < -0.3 is 9.80 Å². The third-order valence-corrected chi connectivity index (χ3v) is 9.04. The second-order valence-corrected chi connectivity index (χ2v) is 11.3. The Balaban J connectivity index is 1.46. The van der Waals surface area contributed by atoms with Crippen LogP contribution in [0.25, 0.3) is 0 Å². The smallest absolute Gasteiger partial charge is 0.264 e. The molecule has 0 unspecified atom stereocenters. The van der Waals surface area contributed by atoms with Gasteiger partial charge in [0.25, 0.3) is 5.91 Å². The molecule has 0 N–H and O–H groups in total. The van der Waals surface area contributed by atoms with Crippen LogP contribution in [0.4, 0.5) is 5.69 Å². The molecule has 0 aliphatic carbocycles. The summed E-state index contributed by atoms with van der Waals surface area (Å²) in [5, 5.41) is 0.694. The average molecular weight is 475 g/mol. The highest BCUT2D eigenvalue weighted by Gasteiger charge is 2.26. The molecule has 1 aromatic heterocycles. The first-order valence-electron chi connectivity index (χ1n) is 9.98. The highest BCUT2D eigenvalue weighted by Crippen LogP contribution is 2.30. The van der Waals surface area contributed by atoms with E-state index in [1.54, 1.807) is 35.2 Å². The van der Waals surface area contributed by atoms with E-state index >= 15 is 0 Å². The Hall–Kier alpha value is -2.35. The Bertz CT molecular complexity index is 1210. The molecule has 31 heavy (non-hydrogen) atoms. The Morgan fingerprint density at radius 2 is 1.61 bits per heavy atom. The molecule has 162 valence electrons. The van der Waals surface area contributed by atoms with E-state index in [0.29, 0.717) is 36.1 Å². The molecule has 0 atom stereocenters. The molecule has 4 rings (SSSR count). The largest absolute Gasteiger partial charge is 0.368 e. The fraction of sp³-hybridized carbons (Fsp3) is 0.261. The lowest BCUT2D eigenvalue weighted by Crippen LogP contribution is -2.48. The lowest BCUT2D eigenvalue weighted by Gasteiger charge is -2.36. The SMILES string of the molecule is Cc1ccc(S(=O)(=O)c2ccc(C(=O)N3CCN(c4cc(Cl)ccc4C)CC3)s2)cc1. The van der Waals surface area contributed by atoms with Gasteiger partial charge >= 0.3 is 0 Å². The molecule has 0 radical (unpaired) electrons. The number of rotatable bonds is 4. The van der Waals surface area contributed by atoms with E-state index in [1.807, 2.05) is 32.0 Å². The summed E-state index contributed by atoms with van der Waals surface area (Å²) in [6.45, 7) is 6.50. The summed E-state index contributed by atoms with van der Waals surface area (Å²) in [5.74, 6) is -0.127. The minimum Gasteiger partial charge on any atom is -0.368 e. The topological polar surface area (TPSA) is 57.7 Å². The molecule has 0 bridgehead atoms. The summed E-state index contributed by atoms with van der Waals surface area (Å²) in [7, 11) is -3.63. The first-order valence-corrected chi connectivity index (χ1v) is 12.7. The van der Waals surface area contributed by atoms with Crippen LogP contribution in [-0.4, -0.2) is 45.4 Å². The molecule has 3 aromatic rings. The number of hydrogen-bond donors (Lipinski definition) is 0. The van der Waals surface area contributed by atoms with E-state index < -0.39 is 9.84 Å². The molecule has 1 aliphatic rings. The van der Waals surface area contributed by atoms with E-state index in [9.17, 15) is 13.2 Å². The van der Waals surface area contributed by atoms with E-state index in [4.69, 9.17) is 11.6 Å². The third kappa shape index (κ3) is 4.49. The number of nitrogens with zero attached hydrogens (tertiary/aromatic N) is 2. The number of aryl methyl sites for hydroxylation is 2. The normalized spacial score (nSPS) is 14.7. The van der Waals surface area contributed by atoms with Crippen LogP contribution >= 0.6 is 22.9 Å². The molecule has 1 amide bonds. The standard InChI is InChI=1S/C23H23ClN2O3S2/c1-16-3-7-19(8-4-16)31(28,29)22-10-9-21(30-22)23(27)26-13-11-25(12-14-26)20-15-18(24)6-5-17(20)2/h3-10,15H,11-14H2,1-2H3. The van der Waals surface area contributed by atoms with Gasteiger partial charge in [0.2, 0.25) is 9.84 Å². The van der Waals surface area contributed by atoms with Crippen LogP contribution < -0.4 is 4.90 Å². The summed E-state index contributed by atoms with van der Waals surface area (Å²) in [6.07, 6.45) is 0. The predicted octanol–water partition coefficient (Wildman–Crippen LogP) is 4.81. The van der Waals surface area contributed by atoms with Crippen molar-refractivity contribution in [3.8, 4) is 0 Å². The lowest BCUT2D eigenvalue weighted by atomic mass is 10.1. The monoisotopic (exact) mass is 474 g/mol. The fourth-order valence-electron chi connectivity index (χ4n) is 3.64. The van der Waals surface area contributed by atoms with Gasteiger partial charge in [0.15, 0.2) is 0 Å². The number of carbonyl (C=O) groups is 1. The molecule has 1 saturated heterocycles. The molecule has 1 aliphatic heterocycles. The van der Waals surface area contributed by atoms with Gasteiger partial charge in [-0.3, -0.25) is 4.79 Å². The van der Waals surface area contributed by atoms with Gasteiger partial charge in [0, 0.05) is 36.9 Å². The Labute approximate surface area is 191 Å². The van der Waals surface area contributed by atoms with Crippen molar-refractivity contribution in [2.24, 2.45) is 0 Å². The van der Waals surface area contributed by atoms with Crippen LogP contribution in [-0.2, 0) is 9.84 Å². The zero-order chi connectivity index (χ0) is 22.2. The number of halogens is 1. The van der Waals surface area contributed by atoms with Crippen molar-refractivity contribution in [2.45, 2.75) is 23.0 Å².